The van der Waals surface area contributed by atoms with Crippen molar-refractivity contribution in [3.05, 3.63) is 35.6 Å². The fourth-order valence-electron chi connectivity index (χ4n) is 1.57. The number of benzene rings is 1. The smallest absolute Gasteiger partial charge is 0.127 e. The lowest BCUT2D eigenvalue weighted by atomic mass is 10.1. The Balaban J connectivity index is 2.67. The van der Waals surface area contributed by atoms with Crippen LogP contribution in [0.5, 0.6) is 0 Å². The Labute approximate surface area is 90.3 Å². The van der Waals surface area contributed by atoms with Crippen LogP contribution in [0.1, 0.15) is 24.9 Å². The third-order valence-corrected chi connectivity index (χ3v) is 2.69. The van der Waals surface area contributed by atoms with Gasteiger partial charge < -0.3 is 5.11 Å². The van der Waals surface area contributed by atoms with Crippen LogP contribution in [-0.2, 0) is 0 Å². The second-order valence-electron chi connectivity index (χ2n) is 3.76. The topological polar surface area (TPSA) is 23.5 Å². The van der Waals surface area contributed by atoms with Gasteiger partial charge in [-0.3, -0.25) is 4.90 Å². The van der Waals surface area contributed by atoms with Gasteiger partial charge in [0.15, 0.2) is 0 Å². The summed E-state index contributed by atoms with van der Waals surface area (Å²) in [6.07, 6.45) is 0.718. The van der Waals surface area contributed by atoms with Gasteiger partial charge in [0.25, 0.3) is 0 Å². The molecule has 1 aromatic rings. The molecule has 0 aromatic heterocycles. The predicted molar refractivity (Wildman–Crippen MR) is 59.1 cm³/mol. The van der Waals surface area contributed by atoms with Crippen molar-refractivity contribution in [2.75, 3.05) is 20.2 Å². The lowest BCUT2D eigenvalue weighted by molar-refractivity contribution is 0.214. The summed E-state index contributed by atoms with van der Waals surface area (Å²) in [5, 5.41) is 8.72. The van der Waals surface area contributed by atoms with Crippen LogP contribution in [0.4, 0.5) is 4.39 Å². The molecular weight excluding hydrogens is 193 g/mol. The zero-order valence-corrected chi connectivity index (χ0v) is 9.28. The first-order valence-electron chi connectivity index (χ1n) is 5.22. The molecule has 1 atom stereocenters. The minimum Gasteiger partial charge on any atom is -0.396 e. The summed E-state index contributed by atoms with van der Waals surface area (Å²) in [4.78, 5) is 2.04. The van der Waals surface area contributed by atoms with Crippen LogP contribution in [0, 0.1) is 5.82 Å². The van der Waals surface area contributed by atoms with E-state index in [1.807, 2.05) is 24.9 Å². The molecule has 1 aromatic carbocycles. The van der Waals surface area contributed by atoms with Gasteiger partial charge in [-0.05, 0) is 26.5 Å². The molecule has 0 amide bonds. The monoisotopic (exact) mass is 211 g/mol. The Bertz CT molecular complexity index is 303. The van der Waals surface area contributed by atoms with Crippen molar-refractivity contribution in [1.82, 2.24) is 4.90 Å². The zero-order valence-electron chi connectivity index (χ0n) is 9.28. The molecule has 0 saturated heterocycles. The van der Waals surface area contributed by atoms with E-state index in [1.165, 1.54) is 6.07 Å². The Morgan fingerprint density at radius 1 is 1.40 bits per heavy atom. The maximum atomic E-state index is 13.4. The van der Waals surface area contributed by atoms with Crippen molar-refractivity contribution in [2.24, 2.45) is 0 Å². The lowest BCUT2D eigenvalue weighted by Crippen LogP contribution is -2.24. The van der Waals surface area contributed by atoms with Crippen LogP contribution >= 0.6 is 0 Å². The standard InChI is InChI=1S/C12H18FNO/c1-10(14(2)8-5-9-15)11-6-3-4-7-12(11)13/h3-4,6-7,10,15H,5,8-9H2,1-2H3. The number of hydrogen-bond donors (Lipinski definition) is 1. The largest absolute Gasteiger partial charge is 0.396 e. The van der Waals surface area contributed by atoms with Crippen LogP contribution in [0.3, 0.4) is 0 Å². The van der Waals surface area contributed by atoms with Crippen LogP contribution in [0.25, 0.3) is 0 Å². The van der Waals surface area contributed by atoms with Crippen LogP contribution in [0.15, 0.2) is 24.3 Å². The highest BCUT2D eigenvalue weighted by molar-refractivity contribution is 5.20. The average molecular weight is 211 g/mol. The predicted octanol–water partition coefficient (Wildman–Crippen LogP) is 2.20. The van der Waals surface area contributed by atoms with Gasteiger partial charge in [-0.2, -0.15) is 0 Å². The zero-order chi connectivity index (χ0) is 11.3. The average Bonchev–Trinajstić information content (AvgIpc) is 2.25. The third-order valence-electron chi connectivity index (χ3n) is 2.69. The summed E-state index contributed by atoms with van der Waals surface area (Å²) in [5.41, 5.74) is 0.706. The van der Waals surface area contributed by atoms with Gasteiger partial charge in [0, 0.05) is 24.8 Å². The van der Waals surface area contributed by atoms with Crippen molar-refractivity contribution < 1.29 is 9.50 Å². The highest BCUT2D eigenvalue weighted by atomic mass is 19.1. The Kier molecular flexibility index (Phi) is 4.72. The number of aliphatic hydroxyl groups is 1. The minimum absolute atomic E-state index is 0.0396. The quantitative estimate of drug-likeness (QED) is 0.807. The van der Waals surface area contributed by atoms with Gasteiger partial charge in [-0.15, -0.1) is 0 Å². The molecular formula is C12H18FNO. The summed E-state index contributed by atoms with van der Waals surface area (Å²) in [7, 11) is 1.94. The molecule has 0 spiro atoms. The van der Waals surface area contributed by atoms with E-state index < -0.39 is 0 Å². The molecule has 84 valence electrons. The van der Waals surface area contributed by atoms with E-state index in [9.17, 15) is 4.39 Å². The van der Waals surface area contributed by atoms with Gasteiger partial charge in [0.2, 0.25) is 0 Å². The molecule has 1 rings (SSSR count). The first kappa shape index (κ1) is 12.1. The second-order valence-corrected chi connectivity index (χ2v) is 3.76. The summed E-state index contributed by atoms with van der Waals surface area (Å²) < 4.78 is 13.4. The molecule has 2 nitrogen and oxygen atoms in total. The van der Waals surface area contributed by atoms with E-state index in [-0.39, 0.29) is 18.5 Å². The number of halogens is 1. The molecule has 0 heterocycles. The van der Waals surface area contributed by atoms with Gasteiger partial charge >= 0.3 is 0 Å². The fraction of sp³-hybridized carbons (Fsp3) is 0.500. The Morgan fingerprint density at radius 3 is 2.67 bits per heavy atom. The molecule has 15 heavy (non-hydrogen) atoms. The SMILES string of the molecule is CC(c1ccccc1F)N(C)CCCO. The molecule has 0 aliphatic rings. The molecule has 0 bridgehead atoms. The van der Waals surface area contributed by atoms with Crippen LogP contribution < -0.4 is 0 Å². The van der Waals surface area contributed by atoms with E-state index >= 15 is 0 Å². The first-order valence-corrected chi connectivity index (χ1v) is 5.22. The number of hydrogen-bond acceptors (Lipinski definition) is 2. The highest BCUT2D eigenvalue weighted by Gasteiger charge is 2.14. The molecule has 0 radical (unpaired) electrons. The van der Waals surface area contributed by atoms with E-state index in [1.54, 1.807) is 12.1 Å². The number of nitrogens with zero attached hydrogens (tertiary/aromatic N) is 1. The number of aliphatic hydroxyl groups excluding tert-OH is 1. The molecule has 0 fully saturated rings. The van der Waals surface area contributed by atoms with Crippen molar-refractivity contribution in [3.63, 3.8) is 0 Å². The Morgan fingerprint density at radius 2 is 2.07 bits per heavy atom. The highest BCUT2D eigenvalue weighted by Crippen LogP contribution is 2.21. The van der Waals surface area contributed by atoms with Crippen molar-refractivity contribution >= 4 is 0 Å². The molecule has 0 saturated carbocycles. The summed E-state index contributed by atoms with van der Waals surface area (Å²) in [6.45, 7) is 2.91. The normalized spacial score (nSPS) is 13.1. The molecule has 0 aliphatic carbocycles. The molecule has 1 unspecified atom stereocenters. The van der Waals surface area contributed by atoms with Crippen molar-refractivity contribution in [2.45, 2.75) is 19.4 Å². The molecule has 0 aliphatic heterocycles. The lowest BCUT2D eigenvalue weighted by Gasteiger charge is -2.25. The fourth-order valence-corrected chi connectivity index (χ4v) is 1.57. The van der Waals surface area contributed by atoms with Gasteiger partial charge in [0.05, 0.1) is 0 Å². The summed E-state index contributed by atoms with van der Waals surface area (Å²) in [6, 6.07) is 6.85. The maximum absolute atomic E-state index is 13.4. The van der Waals surface area contributed by atoms with E-state index in [0.29, 0.717) is 5.56 Å². The minimum atomic E-state index is -0.166. The summed E-state index contributed by atoms with van der Waals surface area (Å²) >= 11 is 0. The van der Waals surface area contributed by atoms with Gasteiger partial charge in [0.1, 0.15) is 5.82 Å². The molecule has 1 N–H and O–H groups in total. The van der Waals surface area contributed by atoms with E-state index in [0.717, 1.165) is 13.0 Å². The van der Waals surface area contributed by atoms with Crippen molar-refractivity contribution in [1.29, 1.82) is 0 Å². The van der Waals surface area contributed by atoms with E-state index in [2.05, 4.69) is 0 Å². The van der Waals surface area contributed by atoms with Gasteiger partial charge in [-0.25, -0.2) is 4.39 Å². The van der Waals surface area contributed by atoms with Crippen molar-refractivity contribution in [3.8, 4) is 0 Å². The van der Waals surface area contributed by atoms with E-state index in [4.69, 9.17) is 5.11 Å². The van der Waals surface area contributed by atoms with Gasteiger partial charge in [-0.1, -0.05) is 18.2 Å². The number of rotatable bonds is 5. The van der Waals surface area contributed by atoms with Crippen LogP contribution in [0.2, 0.25) is 0 Å². The molecule has 3 heteroatoms. The third kappa shape index (κ3) is 3.29. The Hall–Kier alpha value is -0.930. The summed E-state index contributed by atoms with van der Waals surface area (Å²) in [5.74, 6) is -0.166. The maximum Gasteiger partial charge on any atom is 0.127 e. The van der Waals surface area contributed by atoms with Crippen LogP contribution in [-0.4, -0.2) is 30.2 Å². The second kappa shape index (κ2) is 5.83. The first-order chi connectivity index (χ1) is 7.16.